The molecular formula is C13H19ClN2O2. The second-order valence-corrected chi connectivity index (χ2v) is 4.67. The summed E-state index contributed by atoms with van der Waals surface area (Å²) in [6.45, 7) is 2.34. The van der Waals surface area contributed by atoms with Crippen LogP contribution in [0.2, 0.25) is 5.02 Å². The first-order chi connectivity index (χ1) is 8.52. The Morgan fingerprint density at radius 1 is 1.56 bits per heavy atom. The number of halogens is 1. The van der Waals surface area contributed by atoms with Crippen LogP contribution in [0.15, 0.2) is 18.2 Å². The molecule has 5 heteroatoms. The number of methoxy groups -OCH3 is 1. The van der Waals surface area contributed by atoms with E-state index in [1.807, 2.05) is 13.0 Å². The van der Waals surface area contributed by atoms with Gasteiger partial charge in [-0.15, -0.1) is 0 Å². The van der Waals surface area contributed by atoms with Crippen LogP contribution in [-0.2, 0) is 11.2 Å². The monoisotopic (exact) mass is 270 g/mol. The summed E-state index contributed by atoms with van der Waals surface area (Å²) in [5.41, 5.74) is 6.49. The molecule has 18 heavy (non-hydrogen) atoms. The summed E-state index contributed by atoms with van der Waals surface area (Å²) in [7, 11) is 1.60. The van der Waals surface area contributed by atoms with Gasteiger partial charge in [0.05, 0.1) is 7.11 Å². The zero-order valence-electron chi connectivity index (χ0n) is 10.7. The number of carbonyl (C=O) groups excluding carboxylic acids is 1. The minimum atomic E-state index is -0.0327. The van der Waals surface area contributed by atoms with Gasteiger partial charge in [0, 0.05) is 24.0 Å². The molecule has 1 aromatic rings. The number of nitrogens with two attached hydrogens (primary N) is 1. The van der Waals surface area contributed by atoms with Gasteiger partial charge in [-0.25, -0.2) is 0 Å². The van der Waals surface area contributed by atoms with Gasteiger partial charge in [0.25, 0.3) is 0 Å². The van der Waals surface area contributed by atoms with E-state index in [4.69, 9.17) is 22.1 Å². The molecule has 0 radical (unpaired) electrons. The first-order valence-corrected chi connectivity index (χ1v) is 6.25. The standard InChI is InChI=1S/C13H19ClN2O2/c1-9(15)8-16-13(17)6-3-10-7-11(14)4-5-12(10)18-2/h4-5,7,9H,3,6,8,15H2,1-2H3,(H,16,17). The summed E-state index contributed by atoms with van der Waals surface area (Å²) < 4.78 is 5.22. The lowest BCUT2D eigenvalue weighted by molar-refractivity contribution is -0.121. The van der Waals surface area contributed by atoms with Gasteiger partial charge < -0.3 is 15.8 Å². The first-order valence-electron chi connectivity index (χ1n) is 5.87. The van der Waals surface area contributed by atoms with Crippen molar-refractivity contribution in [3.8, 4) is 5.75 Å². The van der Waals surface area contributed by atoms with Gasteiger partial charge in [0.1, 0.15) is 5.75 Å². The van der Waals surface area contributed by atoms with Gasteiger partial charge in [-0.2, -0.15) is 0 Å². The number of amides is 1. The van der Waals surface area contributed by atoms with Crippen molar-refractivity contribution in [1.82, 2.24) is 5.32 Å². The van der Waals surface area contributed by atoms with E-state index < -0.39 is 0 Å². The van der Waals surface area contributed by atoms with Crippen LogP contribution in [0.1, 0.15) is 18.9 Å². The van der Waals surface area contributed by atoms with Crippen LogP contribution in [0.3, 0.4) is 0 Å². The number of rotatable bonds is 6. The van der Waals surface area contributed by atoms with E-state index in [-0.39, 0.29) is 11.9 Å². The van der Waals surface area contributed by atoms with Crippen LogP contribution in [-0.4, -0.2) is 25.6 Å². The third-order valence-corrected chi connectivity index (χ3v) is 2.72. The summed E-state index contributed by atoms with van der Waals surface area (Å²) in [5, 5.41) is 3.41. The quantitative estimate of drug-likeness (QED) is 0.828. The Kier molecular flexibility index (Phi) is 5.95. The average molecular weight is 271 g/mol. The fourth-order valence-corrected chi connectivity index (χ4v) is 1.75. The normalized spacial score (nSPS) is 12.0. The molecule has 1 aromatic carbocycles. The SMILES string of the molecule is COc1ccc(Cl)cc1CCC(=O)NCC(C)N. The maximum absolute atomic E-state index is 11.6. The Labute approximate surface area is 112 Å². The van der Waals surface area contributed by atoms with E-state index in [2.05, 4.69) is 5.32 Å². The molecular weight excluding hydrogens is 252 g/mol. The lowest BCUT2D eigenvalue weighted by Crippen LogP contribution is -2.35. The molecule has 1 unspecified atom stereocenters. The molecule has 0 saturated heterocycles. The van der Waals surface area contributed by atoms with Gasteiger partial charge in [-0.3, -0.25) is 4.79 Å². The van der Waals surface area contributed by atoms with E-state index in [0.717, 1.165) is 11.3 Å². The minimum absolute atomic E-state index is 0.0191. The molecule has 1 amide bonds. The summed E-state index contributed by atoms with van der Waals surface area (Å²) in [6, 6.07) is 5.35. The fourth-order valence-electron chi connectivity index (χ4n) is 1.55. The van der Waals surface area contributed by atoms with Gasteiger partial charge in [0.15, 0.2) is 0 Å². The molecule has 100 valence electrons. The lowest BCUT2D eigenvalue weighted by Gasteiger charge is -2.10. The van der Waals surface area contributed by atoms with E-state index in [1.54, 1.807) is 19.2 Å². The number of hydrogen-bond donors (Lipinski definition) is 2. The van der Waals surface area contributed by atoms with Crippen LogP contribution >= 0.6 is 11.6 Å². The van der Waals surface area contributed by atoms with Crippen molar-refractivity contribution in [3.63, 3.8) is 0 Å². The Morgan fingerprint density at radius 2 is 2.28 bits per heavy atom. The van der Waals surface area contributed by atoms with E-state index in [1.165, 1.54) is 0 Å². The summed E-state index contributed by atoms with van der Waals surface area (Å²) in [5.74, 6) is 0.730. The van der Waals surface area contributed by atoms with Crippen molar-refractivity contribution in [1.29, 1.82) is 0 Å². The zero-order valence-corrected chi connectivity index (χ0v) is 11.5. The molecule has 0 aromatic heterocycles. The highest BCUT2D eigenvalue weighted by Gasteiger charge is 2.07. The molecule has 3 N–H and O–H groups in total. The summed E-state index contributed by atoms with van der Waals surface area (Å²) >= 11 is 5.92. The highest BCUT2D eigenvalue weighted by molar-refractivity contribution is 6.30. The van der Waals surface area contributed by atoms with Crippen molar-refractivity contribution in [2.45, 2.75) is 25.8 Å². The Morgan fingerprint density at radius 3 is 2.89 bits per heavy atom. The van der Waals surface area contributed by atoms with E-state index >= 15 is 0 Å². The Balaban J connectivity index is 2.52. The van der Waals surface area contributed by atoms with Crippen LogP contribution in [0.5, 0.6) is 5.75 Å². The number of ether oxygens (including phenoxy) is 1. The highest BCUT2D eigenvalue weighted by atomic mass is 35.5. The van der Waals surface area contributed by atoms with Crippen LogP contribution < -0.4 is 15.8 Å². The minimum Gasteiger partial charge on any atom is -0.496 e. The lowest BCUT2D eigenvalue weighted by atomic mass is 10.1. The molecule has 1 rings (SSSR count). The number of benzene rings is 1. The van der Waals surface area contributed by atoms with Gasteiger partial charge in [0.2, 0.25) is 5.91 Å². The largest absolute Gasteiger partial charge is 0.496 e. The number of hydrogen-bond acceptors (Lipinski definition) is 3. The predicted octanol–water partition coefficient (Wildman–Crippen LogP) is 1.74. The molecule has 0 spiro atoms. The molecule has 1 atom stereocenters. The van der Waals surface area contributed by atoms with E-state index in [0.29, 0.717) is 24.4 Å². The Bertz CT molecular complexity index is 408. The molecule has 0 fully saturated rings. The van der Waals surface area contributed by atoms with Crippen LogP contribution in [0, 0.1) is 0 Å². The highest BCUT2D eigenvalue weighted by Crippen LogP contribution is 2.23. The van der Waals surface area contributed by atoms with Crippen molar-refractivity contribution < 1.29 is 9.53 Å². The van der Waals surface area contributed by atoms with Gasteiger partial charge in [-0.05, 0) is 37.1 Å². The second-order valence-electron chi connectivity index (χ2n) is 4.24. The van der Waals surface area contributed by atoms with Crippen molar-refractivity contribution in [3.05, 3.63) is 28.8 Å². The van der Waals surface area contributed by atoms with Gasteiger partial charge in [-0.1, -0.05) is 11.6 Å². The van der Waals surface area contributed by atoms with Crippen molar-refractivity contribution in [2.24, 2.45) is 5.73 Å². The smallest absolute Gasteiger partial charge is 0.220 e. The average Bonchev–Trinajstić information content (AvgIpc) is 2.34. The molecule has 0 bridgehead atoms. The van der Waals surface area contributed by atoms with Gasteiger partial charge >= 0.3 is 0 Å². The third kappa shape index (κ3) is 4.94. The van der Waals surface area contributed by atoms with Crippen molar-refractivity contribution >= 4 is 17.5 Å². The molecule has 0 heterocycles. The Hall–Kier alpha value is -1.26. The number of nitrogens with one attached hydrogen (secondary N) is 1. The number of carbonyl (C=O) groups is 1. The number of aryl methyl sites for hydroxylation is 1. The fraction of sp³-hybridized carbons (Fsp3) is 0.462. The van der Waals surface area contributed by atoms with Crippen LogP contribution in [0.25, 0.3) is 0 Å². The van der Waals surface area contributed by atoms with E-state index in [9.17, 15) is 4.79 Å². The third-order valence-electron chi connectivity index (χ3n) is 2.49. The van der Waals surface area contributed by atoms with Crippen molar-refractivity contribution in [2.75, 3.05) is 13.7 Å². The maximum atomic E-state index is 11.6. The topological polar surface area (TPSA) is 64.3 Å². The predicted molar refractivity (Wildman–Crippen MR) is 73.0 cm³/mol. The zero-order chi connectivity index (χ0) is 13.5. The summed E-state index contributed by atoms with van der Waals surface area (Å²) in [4.78, 5) is 11.6. The van der Waals surface area contributed by atoms with Crippen LogP contribution in [0.4, 0.5) is 0 Å². The first kappa shape index (κ1) is 14.8. The molecule has 0 saturated carbocycles. The maximum Gasteiger partial charge on any atom is 0.220 e. The molecule has 0 aliphatic rings. The summed E-state index contributed by atoms with van der Waals surface area (Å²) in [6.07, 6.45) is 0.984. The molecule has 0 aliphatic heterocycles. The molecule has 0 aliphatic carbocycles. The second kappa shape index (κ2) is 7.24. The molecule has 4 nitrogen and oxygen atoms in total.